The molecule has 0 aliphatic heterocycles. The van der Waals surface area contributed by atoms with Gasteiger partial charge in [0.05, 0.1) is 18.5 Å². The van der Waals surface area contributed by atoms with E-state index in [1.807, 2.05) is 37.6 Å². The van der Waals surface area contributed by atoms with Crippen LogP contribution in [0, 0.1) is 6.92 Å². The molecule has 5 nitrogen and oxygen atoms in total. The molecule has 0 saturated carbocycles. The van der Waals surface area contributed by atoms with E-state index in [9.17, 15) is 0 Å². The molecule has 0 bridgehead atoms. The molecule has 0 amide bonds. The average Bonchev–Trinajstić information content (AvgIpc) is 2.98. The van der Waals surface area contributed by atoms with Gasteiger partial charge in [-0.05, 0) is 37.6 Å². The summed E-state index contributed by atoms with van der Waals surface area (Å²) in [5, 5.41) is 2.91. The maximum atomic E-state index is 5.95. The third kappa shape index (κ3) is 2.66. The average molecular weight is 288 g/mol. The molecular weight excluding hydrogens is 272 g/mol. The molecule has 0 aromatic carbocycles. The summed E-state index contributed by atoms with van der Waals surface area (Å²) in [5.74, 6) is 3.15. The van der Waals surface area contributed by atoms with Gasteiger partial charge in [-0.3, -0.25) is 4.90 Å². The summed E-state index contributed by atoms with van der Waals surface area (Å²) in [6, 6.07) is 5.91. The van der Waals surface area contributed by atoms with Crippen molar-refractivity contribution in [3.8, 4) is 0 Å². The van der Waals surface area contributed by atoms with E-state index in [2.05, 4.69) is 14.9 Å². The number of thiophene rings is 1. The second-order valence-corrected chi connectivity index (χ2v) is 5.74. The predicted octanol–water partition coefficient (Wildman–Crippen LogP) is 2.81. The number of fused-ring (bicyclic) bond motifs is 1. The molecule has 0 spiro atoms. The Hall–Kier alpha value is -1.92. The summed E-state index contributed by atoms with van der Waals surface area (Å²) >= 11 is 1.58. The molecule has 2 N–H and O–H groups in total. The standard InChI is InChI=1S/C14H16N4OS/c1-9-3-4-10(19-9)7-18(2)8-12-16-13(15)11-5-6-20-14(11)17-12/h3-6H,7-8H2,1-2H3,(H2,15,16,17). The van der Waals surface area contributed by atoms with E-state index < -0.39 is 0 Å². The fraction of sp³-hybridized carbons (Fsp3) is 0.286. The smallest absolute Gasteiger partial charge is 0.146 e. The SMILES string of the molecule is Cc1ccc(CN(C)Cc2nc(N)c3ccsc3n2)o1. The number of furan rings is 1. The predicted molar refractivity (Wildman–Crippen MR) is 80.4 cm³/mol. The summed E-state index contributed by atoms with van der Waals surface area (Å²) in [4.78, 5) is 11.9. The van der Waals surface area contributed by atoms with Crippen LogP contribution < -0.4 is 5.73 Å². The van der Waals surface area contributed by atoms with Crippen LogP contribution in [0.2, 0.25) is 0 Å². The second-order valence-electron chi connectivity index (χ2n) is 4.85. The summed E-state index contributed by atoms with van der Waals surface area (Å²) < 4.78 is 5.57. The van der Waals surface area contributed by atoms with Gasteiger partial charge in [0.2, 0.25) is 0 Å². The minimum absolute atomic E-state index is 0.550. The first kappa shape index (κ1) is 13.1. The Morgan fingerprint density at radius 1 is 1.25 bits per heavy atom. The maximum absolute atomic E-state index is 5.95. The van der Waals surface area contributed by atoms with Gasteiger partial charge < -0.3 is 10.2 Å². The lowest BCUT2D eigenvalue weighted by Crippen LogP contribution is -2.19. The van der Waals surface area contributed by atoms with Crippen molar-refractivity contribution < 1.29 is 4.42 Å². The van der Waals surface area contributed by atoms with Crippen LogP contribution in [-0.2, 0) is 13.1 Å². The largest absolute Gasteiger partial charge is 0.465 e. The Bertz CT molecular complexity index is 734. The van der Waals surface area contributed by atoms with Crippen molar-refractivity contribution in [3.05, 3.63) is 40.9 Å². The number of nitrogen functional groups attached to an aromatic ring is 1. The number of aryl methyl sites for hydroxylation is 1. The number of nitrogens with zero attached hydrogens (tertiary/aromatic N) is 3. The molecule has 104 valence electrons. The van der Waals surface area contributed by atoms with Crippen LogP contribution in [-0.4, -0.2) is 21.9 Å². The quantitative estimate of drug-likeness (QED) is 0.799. The van der Waals surface area contributed by atoms with Crippen molar-refractivity contribution in [2.75, 3.05) is 12.8 Å². The molecule has 20 heavy (non-hydrogen) atoms. The highest BCUT2D eigenvalue weighted by atomic mass is 32.1. The van der Waals surface area contributed by atoms with Gasteiger partial charge in [-0.15, -0.1) is 11.3 Å². The monoisotopic (exact) mass is 288 g/mol. The molecule has 0 radical (unpaired) electrons. The number of rotatable bonds is 4. The number of nitrogens with two attached hydrogens (primary N) is 1. The fourth-order valence-corrected chi connectivity index (χ4v) is 2.92. The van der Waals surface area contributed by atoms with Crippen LogP contribution >= 0.6 is 11.3 Å². The number of aromatic nitrogens is 2. The zero-order chi connectivity index (χ0) is 14.1. The lowest BCUT2D eigenvalue weighted by atomic mass is 10.3. The van der Waals surface area contributed by atoms with E-state index >= 15 is 0 Å². The van der Waals surface area contributed by atoms with E-state index in [-0.39, 0.29) is 0 Å². The van der Waals surface area contributed by atoms with Crippen LogP contribution in [0.1, 0.15) is 17.3 Å². The molecule has 0 aliphatic rings. The molecule has 0 unspecified atom stereocenters. The Balaban J connectivity index is 1.75. The normalized spacial score (nSPS) is 11.6. The van der Waals surface area contributed by atoms with Gasteiger partial charge in [-0.2, -0.15) is 0 Å². The van der Waals surface area contributed by atoms with Crippen molar-refractivity contribution >= 4 is 27.4 Å². The van der Waals surface area contributed by atoms with E-state index in [0.29, 0.717) is 12.4 Å². The topological polar surface area (TPSA) is 68.2 Å². The number of hydrogen-bond donors (Lipinski definition) is 1. The van der Waals surface area contributed by atoms with Crippen LogP contribution in [0.25, 0.3) is 10.2 Å². The Morgan fingerprint density at radius 3 is 2.85 bits per heavy atom. The van der Waals surface area contributed by atoms with Crippen LogP contribution in [0.15, 0.2) is 28.0 Å². The summed E-state index contributed by atoms with van der Waals surface area (Å²) in [7, 11) is 2.01. The third-order valence-corrected chi connectivity index (χ3v) is 3.84. The van der Waals surface area contributed by atoms with Gasteiger partial charge in [0, 0.05) is 0 Å². The second kappa shape index (κ2) is 5.22. The fourth-order valence-electron chi connectivity index (χ4n) is 2.13. The van der Waals surface area contributed by atoms with Crippen molar-refractivity contribution in [2.24, 2.45) is 0 Å². The summed E-state index contributed by atoms with van der Waals surface area (Å²) in [6.07, 6.45) is 0. The summed E-state index contributed by atoms with van der Waals surface area (Å²) in [6.45, 7) is 3.30. The van der Waals surface area contributed by atoms with Gasteiger partial charge in [-0.25, -0.2) is 9.97 Å². The van der Waals surface area contributed by atoms with Gasteiger partial charge in [0.1, 0.15) is 28.0 Å². The highest BCUT2D eigenvalue weighted by Crippen LogP contribution is 2.23. The molecule has 0 aliphatic carbocycles. The molecule has 0 fully saturated rings. The van der Waals surface area contributed by atoms with Crippen LogP contribution in [0.3, 0.4) is 0 Å². The molecular formula is C14H16N4OS. The first-order valence-corrected chi connectivity index (χ1v) is 7.23. The highest BCUT2D eigenvalue weighted by molar-refractivity contribution is 7.16. The molecule has 0 atom stereocenters. The van der Waals surface area contributed by atoms with Gasteiger partial charge >= 0.3 is 0 Å². The minimum Gasteiger partial charge on any atom is -0.465 e. The maximum Gasteiger partial charge on any atom is 0.146 e. The lowest BCUT2D eigenvalue weighted by Gasteiger charge is -2.14. The van der Waals surface area contributed by atoms with E-state index in [1.165, 1.54) is 0 Å². The number of hydrogen-bond acceptors (Lipinski definition) is 6. The zero-order valence-electron chi connectivity index (χ0n) is 11.5. The van der Waals surface area contributed by atoms with Gasteiger partial charge in [0.15, 0.2) is 0 Å². The molecule has 0 saturated heterocycles. The van der Waals surface area contributed by atoms with Gasteiger partial charge in [-0.1, -0.05) is 0 Å². The van der Waals surface area contributed by atoms with E-state index in [0.717, 1.165) is 34.1 Å². The van der Waals surface area contributed by atoms with Crippen LogP contribution in [0.5, 0.6) is 0 Å². The third-order valence-electron chi connectivity index (χ3n) is 3.03. The van der Waals surface area contributed by atoms with Crippen molar-refractivity contribution in [1.82, 2.24) is 14.9 Å². The summed E-state index contributed by atoms with van der Waals surface area (Å²) in [5.41, 5.74) is 5.95. The molecule has 3 aromatic heterocycles. The zero-order valence-corrected chi connectivity index (χ0v) is 12.3. The van der Waals surface area contributed by atoms with Crippen molar-refractivity contribution in [3.63, 3.8) is 0 Å². The first-order valence-electron chi connectivity index (χ1n) is 6.35. The molecule has 3 aromatic rings. The molecule has 6 heteroatoms. The lowest BCUT2D eigenvalue weighted by molar-refractivity contribution is 0.279. The van der Waals surface area contributed by atoms with Crippen molar-refractivity contribution in [2.45, 2.75) is 20.0 Å². The van der Waals surface area contributed by atoms with Crippen molar-refractivity contribution in [1.29, 1.82) is 0 Å². The van der Waals surface area contributed by atoms with E-state index in [1.54, 1.807) is 11.3 Å². The number of anilines is 1. The Morgan fingerprint density at radius 2 is 2.10 bits per heavy atom. The highest BCUT2D eigenvalue weighted by Gasteiger charge is 2.10. The van der Waals surface area contributed by atoms with Crippen LogP contribution in [0.4, 0.5) is 5.82 Å². The Labute approximate surface area is 121 Å². The van der Waals surface area contributed by atoms with E-state index in [4.69, 9.17) is 10.2 Å². The first-order chi connectivity index (χ1) is 9.61. The minimum atomic E-state index is 0.550. The molecule has 3 rings (SSSR count). The van der Waals surface area contributed by atoms with Gasteiger partial charge in [0.25, 0.3) is 0 Å². The molecule has 3 heterocycles. The Kier molecular flexibility index (Phi) is 3.42.